The van der Waals surface area contributed by atoms with E-state index < -0.39 is 0 Å². The average molecular weight is 439 g/mol. The molecule has 0 amide bonds. The average Bonchev–Trinajstić information content (AvgIpc) is 3.38. The third kappa shape index (κ3) is 4.00. The largest absolute Gasteiger partial charge is 0.381 e. The molecule has 0 spiro atoms. The molecule has 5 rings (SSSR count). The van der Waals surface area contributed by atoms with Crippen molar-refractivity contribution in [2.75, 3.05) is 45.3 Å². The standard InChI is InChI=1S/C22H30N8O2/c1-14-11-29(13-18-23-7-4-19(25-18)28(2)3)12-16(14)20-26-22(31)17-10-24-21(30(17)27-20)15-5-8-32-9-6-15/h4,7,10,14-16H,5-6,8-9,11-13H2,1-3H3,(H,26,27,31). The van der Waals surface area contributed by atoms with Gasteiger partial charge in [-0.05, 0) is 24.8 Å². The molecule has 0 radical (unpaired) electrons. The van der Waals surface area contributed by atoms with Crippen LogP contribution in [0.25, 0.3) is 5.52 Å². The van der Waals surface area contributed by atoms with Crippen LogP contribution in [0.5, 0.6) is 0 Å². The Labute approximate surface area is 186 Å². The predicted octanol–water partition coefficient (Wildman–Crippen LogP) is 1.40. The number of nitrogens with zero attached hydrogens (tertiary/aromatic N) is 7. The Morgan fingerprint density at radius 1 is 1.22 bits per heavy atom. The number of rotatable bonds is 5. The molecule has 3 aromatic heterocycles. The van der Waals surface area contributed by atoms with Crippen molar-refractivity contribution in [3.05, 3.63) is 46.3 Å². The number of hydrogen-bond acceptors (Lipinski definition) is 8. The first-order valence-electron chi connectivity index (χ1n) is 11.3. The van der Waals surface area contributed by atoms with Gasteiger partial charge in [0.15, 0.2) is 5.52 Å². The molecule has 0 aromatic carbocycles. The minimum atomic E-state index is -0.131. The second-order valence-corrected chi connectivity index (χ2v) is 9.14. The predicted molar refractivity (Wildman–Crippen MR) is 120 cm³/mol. The summed E-state index contributed by atoms with van der Waals surface area (Å²) in [5.74, 6) is 4.05. The van der Waals surface area contributed by atoms with Crippen molar-refractivity contribution >= 4 is 11.3 Å². The van der Waals surface area contributed by atoms with Crippen LogP contribution in [-0.2, 0) is 11.3 Å². The van der Waals surface area contributed by atoms with Crippen molar-refractivity contribution < 1.29 is 4.74 Å². The zero-order valence-electron chi connectivity index (χ0n) is 18.9. The van der Waals surface area contributed by atoms with Crippen molar-refractivity contribution in [1.82, 2.24) is 34.4 Å². The number of aromatic nitrogens is 6. The Balaban J connectivity index is 1.39. The molecular formula is C22H30N8O2. The summed E-state index contributed by atoms with van der Waals surface area (Å²) >= 11 is 0. The van der Waals surface area contributed by atoms with Gasteiger partial charge in [0.2, 0.25) is 0 Å². The molecule has 5 heterocycles. The van der Waals surface area contributed by atoms with E-state index in [2.05, 4.69) is 31.8 Å². The first-order valence-corrected chi connectivity index (χ1v) is 11.3. The molecule has 0 saturated carbocycles. The van der Waals surface area contributed by atoms with Crippen LogP contribution in [0.2, 0.25) is 0 Å². The maximum absolute atomic E-state index is 12.8. The molecule has 3 aromatic rings. The molecule has 2 aliphatic heterocycles. The van der Waals surface area contributed by atoms with Crippen molar-refractivity contribution in [3.8, 4) is 0 Å². The minimum absolute atomic E-state index is 0.131. The smallest absolute Gasteiger partial charge is 0.276 e. The van der Waals surface area contributed by atoms with Crippen LogP contribution in [0.15, 0.2) is 23.3 Å². The van der Waals surface area contributed by atoms with Gasteiger partial charge in [-0.15, -0.1) is 0 Å². The van der Waals surface area contributed by atoms with Gasteiger partial charge in [-0.1, -0.05) is 6.92 Å². The molecule has 0 aliphatic carbocycles. The normalized spacial score (nSPS) is 22.6. The fraction of sp³-hybridized carbons (Fsp3) is 0.591. The number of fused-ring (bicyclic) bond motifs is 1. The Kier molecular flexibility index (Phi) is 5.64. The van der Waals surface area contributed by atoms with Crippen LogP contribution < -0.4 is 10.5 Å². The summed E-state index contributed by atoms with van der Waals surface area (Å²) in [6.45, 7) is 6.03. The molecule has 32 heavy (non-hydrogen) atoms. The van der Waals surface area contributed by atoms with Gasteiger partial charge >= 0.3 is 0 Å². The first-order chi connectivity index (χ1) is 15.5. The summed E-state index contributed by atoms with van der Waals surface area (Å²) in [5, 5.41) is 4.88. The molecule has 10 heteroatoms. The van der Waals surface area contributed by atoms with Crippen LogP contribution in [0.1, 0.15) is 49.1 Å². The van der Waals surface area contributed by atoms with E-state index in [1.807, 2.05) is 25.1 Å². The monoisotopic (exact) mass is 438 g/mol. The number of nitrogens with one attached hydrogen (secondary N) is 1. The molecule has 2 aliphatic rings. The van der Waals surface area contributed by atoms with Gasteiger partial charge in [0.05, 0.1) is 12.7 Å². The van der Waals surface area contributed by atoms with Crippen molar-refractivity contribution in [2.24, 2.45) is 5.92 Å². The van der Waals surface area contributed by atoms with Crippen molar-refractivity contribution in [1.29, 1.82) is 0 Å². The number of likely N-dealkylation sites (tertiary alicyclic amines) is 1. The van der Waals surface area contributed by atoms with Gasteiger partial charge in [0, 0.05) is 58.4 Å². The van der Waals surface area contributed by atoms with E-state index in [0.717, 1.165) is 62.4 Å². The molecule has 10 nitrogen and oxygen atoms in total. The van der Waals surface area contributed by atoms with Crippen molar-refractivity contribution in [3.63, 3.8) is 0 Å². The van der Waals surface area contributed by atoms with Gasteiger partial charge in [0.25, 0.3) is 5.56 Å². The molecule has 2 atom stereocenters. The topological polar surface area (TPSA) is 105 Å². The second kappa shape index (κ2) is 8.59. The fourth-order valence-corrected chi connectivity index (χ4v) is 4.80. The van der Waals surface area contributed by atoms with E-state index in [4.69, 9.17) is 9.84 Å². The zero-order chi connectivity index (χ0) is 22.2. The van der Waals surface area contributed by atoms with E-state index in [1.165, 1.54) is 0 Å². The lowest BCUT2D eigenvalue weighted by molar-refractivity contribution is 0.0832. The van der Waals surface area contributed by atoms with Crippen molar-refractivity contribution in [2.45, 2.75) is 38.1 Å². The molecule has 170 valence electrons. The highest BCUT2D eigenvalue weighted by atomic mass is 16.5. The molecular weight excluding hydrogens is 408 g/mol. The maximum Gasteiger partial charge on any atom is 0.276 e. The highest BCUT2D eigenvalue weighted by Gasteiger charge is 2.34. The van der Waals surface area contributed by atoms with Gasteiger partial charge in [-0.25, -0.2) is 19.5 Å². The molecule has 2 unspecified atom stereocenters. The molecule has 1 N–H and O–H groups in total. The summed E-state index contributed by atoms with van der Waals surface area (Å²) in [6.07, 6.45) is 5.25. The summed E-state index contributed by atoms with van der Waals surface area (Å²) in [5.41, 5.74) is 0.375. The molecule has 2 saturated heterocycles. The van der Waals surface area contributed by atoms with Crippen LogP contribution in [0.4, 0.5) is 5.82 Å². The van der Waals surface area contributed by atoms with Crippen LogP contribution >= 0.6 is 0 Å². The quantitative estimate of drug-likeness (QED) is 0.638. The fourth-order valence-electron chi connectivity index (χ4n) is 4.80. The van der Waals surface area contributed by atoms with E-state index >= 15 is 0 Å². The Bertz CT molecular complexity index is 1150. The van der Waals surface area contributed by atoms with Crippen LogP contribution in [0, 0.1) is 5.92 Å². The lowest BCUT2D eigenvalue weighted by Gasteiger charge is -2.21. The summed E-state index contributed by atoms with van der Waals surface area (Å²) < 4.78 is 7.26. The minimum Gasteiger partial charge on any atom is -0.381 e. The SMILES string of the molecule is CC1CN(Cc2nccc(N(C)C)n2)CC1c1nn2c(C3CCOCC3)ncc2c(=O)[nH]1. The Hall–Kier alpha value is -2.85. The third-order valence-electron chi connectivity index (χ3n) is 6.59. The highest BCUT2D eigenvalue weighted by Crippen LogP contribution is 2.31. The summed E-state index contributed by atoms with van der Waals surface area (Å²) in [4.78, 5) is 33.8. The Morgan fingerprint density at radius 3 is 2.81 bits per heavy atom. The van der Waals surface area contributed by atoms with Gasteiger partial charge in [-0.3, -0.25) is 9.69 Å². The first kappa shape index (κ1) is 21.0. The zero-order valence-corrected chi connectivity index (χ0v) is 18.9. The lowest BCUT2D eigenvalue weighted by atomic mass is 9.97. The van der Waals surface area contributed by atoms with E-state index in [1.54, 1.807) is 16.9 Å². The molecule has 0 bridgehead atoms. The maximum atomic E-state index is 12.8. The van der Waals surface area contributed by atoms with Gasteiger partial charge < -0.3 is 14.6 Å². The number of ether oxygens (including phenoxy) is 1. The highest BCUT2D eigenvalue weighted by molar-refractivity contribution is 5.42. The molecule has 2 fully saturated rings. The number of imidazole rings is 1. The van der Waals surface area contributed by atoms with E-state index in [0.29, 0.717) is 18.0 Å². The van der Waals surface area contributed by atoms with Gasteiger partial charge in [0.1, 0.15) is 23.3 Å². The van der Waals surface area contributed by atoms with Gasteiger partial charge in [-0.2, -0.15) is 5.10 Å². The number of aromatic amines is 1. The van der Waals surface area contributed by atoms with Crippen LogP contribution in [0.3, 0.4) is 0 Å². The number of anilines is 1. The van der Waals surface area contributed by atoms with E-state index in [-0.39, 0.29) is 17.4 Å². The summed E-state index contributed by atoms with van der Waals surface area (Å²) in [6, 6.07) is 1.91. The summed E-state index contributed by atoms with van der Waals surface area (Å²) in [7, 11) is 3.95. The Morgan fingerprint density at radius 2 is 2.03 bits per heavy atom. The lowest BCUT2D eigenvalue weighted by Crippen LogP contribution is -2.24. The number of hydrogen-bond donors (Lipinski definition) is 1. The van der Waals surface area contributed by atoms with Crippen LogP contribution in [-0.4, -0.2) is 74.8 Å². The second-order valence-electron chi connectivity index (χ2n) is 9.14. The third-order valence-corrected chi connectivity index (χ3v) is 6.59. The number of H-pyrrole nitrogens is 1. The van der Waals surface area contributed by atoms with E-state index in [9.17, 15) is 4.79 Å².